The lowest BCUT2D eigenvalue weighted by molar-refractivity contribution is 0.336. The van der Waals surface area contributed by atoms with Gasteiger partial charge in [-0.1, -0.05) is 30.3 Å². The van der Waals surface area contributed by atoms with Gasteiger partial charge >= 0.3 is 0 Å². The van der Waals surface area contributed by atoms with Crippen molar-refractivity contribution in [3.05, 3.63) is 42.5 Å². The molecular formula is C19H28Cl2N4. The molecule has 1 aliphatic rings. The average Bonchev–Trinajstić information content (AvgIpc) is 3.11. The van der Waals surface area contributed by atoms with Crippen molar-refractivity contribution in [3.8, 4) is 0 Å². The van der Waals surface area contributed by atoms with Gasteiger partial charge in [0.2, 0.25) is 0 Å². The molecule has 0 aromatic heterocycles. The molecule has 6 heteroatoms. The van der Waals surface area contributed by atoms with Gasteiger partial charge in [-0.3, -0.25) is 4.99 Å². The summed E-state index contributed by atoms with van der Waals surface area (Å²) < 4.78 is 0. The fourth-order valence-corrected chi connectivity index (χ4v) is 3.12. The first-order chi connectivity index (χ1) is 11.2. The Bertz CT molecular complexity index is 684. The van der Waals surface area contributed by atoms with Crippen molar-refractivity contribution in [1.82, 2.24) is 4.90 Å². The monoisotopic (exact) mass is 382 g/mol. The highest BCUT2D eigenvalue weighted by Crippen LogP contribution is 2.21. The highest BCUT2D eigenvalue weighted by atomic mass is 35.5. The molecule has 0 saturated carbocycles. The van der Waals surface area contributed by atoms with Gasteiger partial charge in [0.05, 0.1) is 0 Å². The Hall–Kier alpha value is -1.49. The zero-order chi connectivity index (χ0) is 16.1. The Balaban J connectivity index is 0.00000156. The number of aliphatic imine (C=N–C) groups is 1. The Labute approximate surface area is 162 Å². The predicted molar refractivity (Wildman–Crippen MR) is 114 cm³/mol. The quantitative estimate of drug-likeness (QED) is 0.484. The van der Waals surface area contributed by atoms with Crippen LogP contribution < -0.4 is 10.6 Å². The van der Waals surface area contributed by atoms with Crippen LogP contribution in [0.5, 0.6) is 0 Å². The fourth-order valence-electron chi connectivity index (χ4n) is 3.12. The van der Waals surface area contributed by atoms with Crippen LogP contribution in [0.2, 0.25) is 0 Å². The smallest absolute Gasteiger partial charge is 0.195 e. The van der Waals surface area contributed by atoms with Gasteiger partial charge in [0.25, 0.3) is 0 Å². The van der Waals surface area contributed by atoms with E-state index in [-0.39, 0.29) is 24.8 Å². The van der Waals surface area contributed by atoms with Gasteiger partial charge in [-0.15, -0.1) is 24.8 Å². The Kier molecular flexibility index (Phi) is 9.04. The minimum absolute atomic E-state index is 0. The number of anilines is 1. The van der Waals surface area contributed by atoms with Crippen LogP contribution >= 0.6 is 24.8 Å². The van der Waals surface area contributed by atoms with E-state index in [1.54, 1.807) is 0 Å². The molecule has 0 aliphatic carbocycles. The first kappa shape index (κ1) is 21.6. The summed E-state index contributed by atoms with van der Waals surface area (Å²) in [4.78, 5) is 9.01. The number of guanidine groups is 1. The molecule has 1 heterocycles. The van der Waals surface area contributed by atoms with Crippen molar-refractivity contribution in [2.24, 2.45) is 10.7 Å². The van der Waals surface area contributed by atoms with Gasteiger partial charge in [-0.2, -0.15) is 0 Å². The Morgan fingerprint density at radius 3 is 2.48 bits per heavy atom. The predicted octanol–water partition coefficient (Wildman–Crippen LogP) is 3.92. The van der Waals surface area contributed by atoms with Crippen LogP contribution in [0.4, 0.5) is 5.69 Å². The van der Waals surface area contributed by atoms with E-state index < -0.39 is 0 Å². The second-order valence-electron chi connectivity index (χ2n) is 6.23. The van der Waals surface area contributed by atoms with Gasteiger partial charge in [-0.25, -0.2) is 0 Å². The number of likely N-dealkylation sites (tertiary alicyclic amines) is 1. The van der Waals surface area contributed by atoms with E-state index in [2.05, 4.69) is 52.4 Å². The molecular weight excluding hydrogens is 355 g/mol. The summed E-state index contributed by atoms with van der Waals surface area (Å²) in [6.07, 6.45) is 3.76. The summed E-state index contributed by atoms with van der Waals surface area (Å²) in [6, 6.07) is 14.7. The highest BCUT2D eigenvalue weighted by molar-refractivity contribution is 5.97. The third kappa shape index (κ3) is 5.77. The van der Waals surface area contributed by atoms with Crippen molar-refractivity contribution in [1.29, 1.82) is 0 Å². The molecule has 3 rings (SSSR count). The van der Waals surface area contributed by atoms with E-state index >= 15 is 0 Å². The van der Waals surface area contributed by atoms with Crippen molar-refractivity contribution in [3.63, 3.8) is 0 Å². The molecule has 0 unspecified atom stereocenters. The minimum Gasteiger partial charge on any atom is -0.370 e. The van der Waals surface area contributed by atoms with Crippen molar-refractivity contribution < 1.29 is 0 Å². The molecule has 138 valence electrons. The van der Waals surface area contributed by atoms with Gasteiger partial charge in [0.15, 0.2) is 5.96 Å². The van der Waals surface area contributed by atoms with Crippen molar-refractivity contribution in [2.45, 2.75) is 19.3 Å². The number of hydrogen-bond acceptors (Lipinski definition) is 2. The van der Waals surface area contributed by atoms with Crippen LogP contribution in [0.1, 0.15) is 19.3 Å². The van der Waals surface area contributed by atoms with Crippen LogP contribution in [0.15, 0.2) is 47.5 Å². The molecule has 0 radical (unpaired) electrons. The molecule has 2 aromatic rings. The zero-order valence-electron chi connectivity index (χ0n) is 14.7. The third-order valence-corrected chi connectivity index (χ3v) is 4.57. The number of nitrogens with two attached hydrogens (primary N) is 1. The van der Waals surface area contributed by atoms with Gasteiger partial charge < -0.3 is 15.5 Å². The molecule has 2 aromatic carbocycles. The van der Waals surface area contributed by atoms with E-state index in [1.165, 1.54) is 36.7 Å². The summed E-state index contributed by atoms with van der Waals surface area (Å²) >= 11 is 0. The second kappa shape index (κ2) is 10.5. The molecule has 1 fully saturated rings. The maximum absolute atomic E-state index is 6.15. The summed E-state index contributed by atoms with van der Waals surface area (Å²) in [7, 11) is 1.98. The van der Waals surface area contributed by atoms with Crippen molar-refractivity contribution in [2.75, 3.05) is 38.1 Å². The summed E-state index contributed by atoms with van der Waals surface area (Å²) in [5.74, 6) is 0.585. The number of rotatable bonds is 5. The molecule has 0 amide bonds. The van der Waals surface area contributed by atoms with Crippen LogP contribution in [0.25, 0.3) is 10.8 Å². The largest absolute Gasteiger partial charge is 0.370 e. The molecule has 1 aliphatic heterocycles. The summed E-state index contributed by atoms with van der Waals surface area (Å²) in [5.41, 5.74) is 7.22. The summed E-state index contributed by atoms with van der Waals surface area (Å²) in [6.45, 7) is 4.42. The summed E-state index contributed by atoms with van der Waals surface area (Å²) in [5, 5.41) is 2.46. The SMILES string of the molecule is CN(C(N)=NCCCN1CCCC1)c1ccc2ccccc2c1.Cl.Cl. The van der Waals surface area contributed by atoms with Gasteiger partial charge in [-0.05, 0) is 61.8 Å². The lowest BCUT2D eigenvalue weighted by atomic mass is 10.1. The van der Waals surface area contributed by atoms with E-state index in [1.807, 2.05) is 11.9 Å². The van der Waals surface area contributed by atoms with E-state index in [0.717, 1.165) is 25.2 Å². The minimum atomic E-state index is 0. The van der Waals surface area contributed by atoms with Crippen LogP contribution in [0.3, 0.4) is 0 Å². The van der Waals surface area contributed by atoms with E-state index in [9.17, 15) is 0 Å². The maximum atomic E-state index is 6.15. The molecule has 2 N–H and O–H groups in total. The number of hydrogen-bond donors (Lipinski definition) is 1. The fraction of sp³-hybridized carbons (Fsp3) is 0.421. The van der Waals surface area contributed by atoms with Crippen molar-refractivity contribution >= 4 is 47.2 Å². The number of halogens is 2. The van der Waals surface area contributed by atoms with Crippen LogP contribution in [0, 0.1) is 0 Å². The zero-order valence-corrected chi connectivity index (χ0v) is 16.4. The lowest BCUT2D eigenvalue weighted by Crippen LogP contribution is -2.34. The number of fused-ring (bicyclic) bond motifs is 1. The second-order valence-corrected chi connectivity index (χ2v) is 6.23. The first-order valence-corrected chi connectivity index (χ1v) is 8.49. The molecule has 25 heavy (non-hydrogen) atoms. The first-order valence-electron chi connectivity index (χ1n) is 8.49. The molecule has 0 bridgehead atoms. The Morgan fingerprint density at radius 1 is 1.08 bits per heavy atom. The standard InChI is InChI=1S/C19H26N4.2ClH/c1-22(18-10-9-16-7-2-3-8-17(16)15-18)19(20)21-11-6-14-23-12-4-5-13-23;;/h2-3,7-10,15H,4-6,11-14H2,1H3,(H2,20,21);2*1H. The average molecular weight is 383 g/mol. The molecule has 0 atom stereocenters. The van der Waals surface area contributed by atoms with Gasteiger partial charge in [0, 0.05) is 19.3 Å². The van der Waals surface area contributed by atoms with E-state index in [0.29, 0.717) is 5.96 Å². The normalized spacial score (nSPS) is 14.8. The molecule has 1 saturated heterocycles. The third-order valence-electron chi connectivity index (χ3n) is 4.57. The molecule has 4 nitrogen and oxygen atoms in total. The Morgan fingerprint density at radius 2 is 1.76 bits per heavy atom. The van der Waals surface area contributed by atoms with Crippen LogP contribution in [-0.4, -0.2) is 44.1 Å². The number of benzene rings is 2. The highest BCUT2D eigenvalue weighted by Gasteiger charge is 2.10. The number of nitrogens with zero attached hydrogens (tertiary/aromatic N) is 3. The maximum Gasteiger partial charge on any atom is 0.195 e. The van der Waals surface area contributed by atoms with Crippen LogP contribution in [-0.2, 0) is 0 Å². The lowest BCUT2D eigenvalue weighted by Gasteiger charge is -2.19. The molecule has 0 spiro atoms. The van der Waals surface area contributed by atoms with Gasteiger partial charge in [0.1, 0.15) is 0 Å². The topological polar surface area (TPSA) is 44.9 Å². The van der Waals surface area contributed by atoms with E-state index in [4.69, 9.17) is 5.73 Å².